The SMILES string of the molecule is Cc1cccc(Oc2cccc(F)c2CCN)c1. The Morgan fingerprint density at radius 3 is 2.67 bits per heavy atom. The van der Waals surface area contributed by atoms with Gasteiger partial charge in [-0.2, -0.15) is 0 Å². The van der Waals surface area contributed by atoms with Gasteiger partial charge in [-0.3, -0.25) is 0 Å². The summed E-state index contributed by atoms with van der Waals surface area (Å²) in [5.41, 5.74) is 7.12. The zero-order chi connectivity index (χ0) is 13.0. The van der Waals surface area contributed by atoms with Gasteiger partial charge in [-0.05, 0) is 49.7 Å². The average molecular weight is 245 g/mol. The highest BCUT2D eigenvalue weighted by Crippen LogP contribution is 2.27. The summed E-state index contributed by atoms with van der Waals surface area (Å²) in [6.07, 6.45) is 0.466. The molecule has 94 valence electrons. The highest BCUT2D eigenvalue weighted by molar-refractivity contribution is 5.39. The van der Waals surface area contributed by atoms with Gasteiger partial charge in [0.2, 0.25) is 0 Å². The fourth-order valence-electron chi connectivity index (χ4n) is 1.83. The molecule has 2 N–H and O–H groups in total. The van der Waals surface area contributed by atoms with Crippen LogP contribution in [0.4, 0.5) is 4.39 Å². The van der Waals surface area contributed by atoms with Gasteiger partial charge >= 0.3 is 0 Å². The summed E-state index contributed by atoms with van der Waals surface area (Å²) in [7, 11) is 0. The van der Waals surface area contributed by atoms with Crippen molar-refractivity contribution in [3.05, 3.63) is 59.4 Å². The Kier molecular flexibility index (Phi) is 3.95. The molecule has 0 fully saturated rings. The number of rotatable bonds is 4. The summed E-state index contributed by atoms with van der Waals surface area (Å²) in [5, 5.41) is 0. The van der Waals surface area contributed by atoms with E-state index in [-0.39, 0.29) is 5.82 Å². The van der Waals surface area contributed by atoms with Crippen LogP contribution < -0.4 is 10.5 Å². The Morgan fingerprint density at radius 1 is 1.17 bits per heavy atom. The molecule has 0 saturated carbocycles. The van der Waals surface area contributed by atoms with E-state index >= 15 is 0 Å². The molecule has 0 atom stereocenters. The number of nitrogens with two attached hydrogens (primary N) is 1. The summed E-state index contributed by atoms with van der Waals surface area (Å²) < 4.78 is 19.4. The van der Waals surface area contributed by atoms with Crippen molar-refractivity contribution in [2.45, 2.75) is 13.3 Å². The second kappa shape index (κ2) is 5.65. The predicted molar refractivity (Wildman–Crippen MR) is 70.4 cm³/mol. The van der Waals surface area contributed by atoms with E-state index in [1.165, 1.54) is 6.07 Å². The van der Waals surface area contributed by atoms with Gasteiger partial charge < -0.3 is 10.5 Å². The molecular formula is C15H16FNO. The maximum atomic E-state index is 13.7. The van der Waals surface area contributed by atoms with E-state index in [1.807, 2.05) is 31.2 Å². The zero-order valence-corrected chi connectivity index (χ0v) is 10.3. The first kappa shape index (κ1) is 12.6. The number of hydrogen-bond acceptors (Lipinski definition) is 2. The van der Waals surface area contributed by atoms with Crippen molar-refractivity contribution in [1.82, 2.24) is 0 Å². The quantitative estimate of drug-likeness (QED) is 0.895. The van der Waals surface area contributed by atoms with E-state index in [4.69, 9.17) is 10.5 Å². The van der Waals surface area contributed by atoms with Gasteiger partial charge in [0.15, 0.2) is 0 Å². The Hall–Kier alpha value is -1.87. The third kappa shape index (κ3) is 2.87. The minimum absolute atomic E-state index is 0.273. The van der Waals surface area contributed by atoms with Crippen molar-refractivity contribution in [2.75, 3.05) is 6.54 Å². The molecule has 0 aliphatic heterocycles. The van der Waals surface area contributed by atoms with E-state index in [1.54, 1.807) is 12.1 Å². The molecule has 2 nitrogen and oxygen atoms in total. The topological polar surface area (TPSA) is 35.2 Å². The highest BCUT2D eigenvalue weighted by Gasteiger charge is 2.09. The van der Waals surface area contributed by atoms with E-state index in [0.717, 1.165) is 5.56 Å². The third-order valence-corrected chi connectivity index (χ3v) is 2.69. The average Bonchev–Trinajstić information content (AvgIpc) is 2.34. The highest BCUT2D eigenvalue weighted by atomic mass is 19.1. The summed E-state index contributed by atoms with van der Waals surface area (Å²) in [6, 6.07) is 12.5. The second-order valence-corrected chi connectivity index (χ2v) is 4.17. The lowest BCUT2D eigenvalue weighted by atomic mass is 10.1. The molecule has 18 heavy (non-hydrogen) atoms. The second-order valence-electron chi connectivity index (χ2n) is 4.17. The number of ether oxygens (including phenoxy) is 1. The summed E-state index contributed by atoms with van der Waals surface area (Å²) in [5.74, 6) is 0.968. The summed E-state index contributed by atoms with van der Waals surface area (Å²) in [4.78, 5) is 0. The van der Waals surface area contributed by atoms with Crippen LogP contribution in [0.15, 0.2) is 42.5 Å². The lowest BCUT2D eigenvalue weighted by Gasteiger charge is -2.11. The van der Waals surface area contributed by atoms with E-state index < -0.39 is 0 Å². The largest absolute Gasteiger partial charge is 0.457 e. The van der Waals surface area contributed by atoms with Crippen molar-refractivity contribution in [3.8, 4) is 11.5 Å². The van der Waals surface area contributed by atoms with Gasteiger partial charge in [-0.25, -0.2) is 4.39 Å². The Balaban J connectivity index is 2.31. The molecule has 0 radical (unpaired) electrons. The maximum absolute atomic E-state index is 13.7. The fraction of sp³-hybridized carbons (Fsp3) is 0.200. The first-order chi connectivity index (χ1) is 8.70. The molecular weight excluding hydrogens is 229 g/mol. The van der Waals surface area contributed by atoms with Crippen molar-refractivity contribution in [3.63, 3.8) is 0 Å². The van der Waals surface area contributed by atoms with E-state index in [9.17, 15) is 4.39 Å². The van der Waals surface area contributed by atoms with Crippen LogP contribution in [-0.4, -0.2) is 6.54 Å². The maximum Gasteiger partial charge on any atom is 0.133 e. The van der Waals surface area contributed by atoms with Crippen LogP contribution in [0.1, 0.15) is 11.1 Å². The number of benzene rings is 2. The molecule has 2 aromatic carbocycles. The molecule has 0 amide bonds. The minimum Gasteiger partial charge on any atom is -0.457 e. The summed E-state index contributed by atoms with van der Waals surface area (Å²) >= 11 is 0. The van der Waals surface area contributed by atoms with Crippen LogP contribution in [0.3, 0.4) is 0 Å². The monoisotopic (exact) mass is 245 g/mol. The van der Waals surface area contributed by atoms with Gasteiger partial charge in [0.25, 0.3) is 0 Å². The molecule has 3 heteroatoms. The Bertz CT molecular complexity index is 540. The van der Waals surface area contributed by atoms with E-state index in [0.29, 0.717) is 30.0 Å². The third-order valence-electron chi connectivity index (χ3n) is 2.69. The zero-order valence-electron chi connectivity index (χ0n) is 10.3. The predicted octanol–water partition coefficient (Wildman–Crippen LogP) is 3.43. The van der Waals surface area contributed by atoms with Crippen LogP contribution in [0.5, 0.6) is 11.5 Å². The number of hydrogen-bond donors (Lipinski definition) is 1. The molecule has 0 unspecified atom stereocenters. The molecule has 0 aliphatic rings. The van der Waals surface area contributed by atoms with Gasteiger partial charge in [0.1, 0.15) is 17.3 Å². The Labute approximate surface area is 106 Å². The van der Waals surface area contributed by atoms with Crippen molar-refractivity contribution < 1.29 is 9.13 Å². The normalized spacial score (nSPS) is 10.4. The van der Waals surface area contributed by atoms with Crippen LogP contribution in [0.25, 0.3) is 0 Å². The lowest BCUT2D eigenvalue weighted by molar-refractivity contribution is 0.467. The molecule has 0 aromatic heterocycles. The Morgan fingerprint density at radius 2 is 1.94 bits per heavy atom. The van der Waals surface area contributed by atoms with Gasteiger partial charge in [0.05, 0.1) is 0 Å². The first-order valence-corrected chi connectivity index (χ1v) is 5.92. The van der Waals surface area contributed by atoms with Gasteiger partial charge in [0, 0.05) is 5.56 Å². The molecule has 2 rings (SSSR count). The molecule has 0 heterocycles. The van der Waals surface area contributed by atoms with Crippen LogP contribution in [0, 0.1) is 12.7 Å². The lowest BCUT2D eigenvalue weighted by Crippen LogP contribution is -2.06. The fourth-order valence-corrected chi connectivity index (χ4v) is 1.83. The van der Waals surface area contributed by atoms with E-state index in [2.05, 4.69) is 0 Å². The summed E-state index contributed by atoms with van der Waals surface area (Å²) in [6.45, 7) is 2.38. The minimum atomic E-state index is -0.273. The number of halogens is 1. The van der Waals surface area contributed by atoms with Gasteiger partial charge in [-0.1, -0.05) is 18.2 Å². The van der Waals surface area contributed by atoms with Crippen molar-refractivity contribution >= 4 is 0 Å². The molecule has 2 aromatic rings. The van der Waals surface area contributed by atoms with Crippen LogP contribution >= 0.6 is 0 Å². The first-order valence-electron chi connectivity index (χ1n) is 5.92. The number of aryl methyl sites for hydroxylation is 1. The smallest absolute Gasteiger partial charge is 0.133 e. The van der Waals surface area contributed by atoms with Crippen LogP contribution in [-0.2, 0) is 6.42 Å². The molecule has 0 bridgehead atoms. The molecule has 0 aliphatic carbocycles. The molecule has 0 spiro atoms. The van der Waals surface area contributed by atoms with Crippen LogP contribution in [0.2, 0.25) is 0 Å². The molecule has 0 saturated heterocycles. The standard InChI is InChI=1S/C15H16FNO/c1-11-4-2-5-12(10-11)18-15-7-3-6-14(16)13(15)8-9-17/h2-7,10H,8-9,17H2,1H3. The van der Waals surface area contributed by atoms with Crippen molar-refractivity contribution in [1.29, 1.82) is 0 Å². The van der Waals surface area contributed by atoms with Crippen molar-refractivity contribution in [2.24, 2.45) is 5.73 Å². The van der Waals surface area contributed by atoms with Gasteiger partial charge in [-0.15, -0.1) is 0 Å².